The highest BCUT2D eigenvalue weighted by atomic mass is 16.5. The molecule has 0 amide bonds. The van der Waals surface area contributed by atoms with Gasteiger partial charge in [-0.2, -0.15) is 5.10 Å². The standard InChI is InChI=1S/C27H29N5O2/c1-3-31(4-2)18-19-34-23-16-14-21(15-17-23)20-28-30-27-29-25-13-9-8-12-24(25)26(33)32(27)22-10-6-5-7-11-22/h5-17,20H,3-4,18-19H2,1-2H3,(H,29,30). The number of hydrogen-bond acceptors (Lipinski definition) is 6. The van der Waals surface area contributed by atoms with Crippen molar-refractivity contribution >= 4 is 23.1 Å². The van der Waals surface area contributed by atoms with Gasteiger partial charge in [-0.3, -0.25) is 4.79 Å². The molecule has 0 aliphatic carbocycles. The van der Waals surface area contributed by atoms with Crippen LogP contribution >= 0.6 is 0 Å². The van der Waals surface area contributed by atoms with Crippen molar-refractivity contribution in [3.8, 4) is 11.4 Å². The van der Waals surface area contributed by atoms with E-state index < -0.39 is 0 Å². The fraction of sp³-hybridized carbons (Fsp3) is 0.222. The van der Waals surface area contributed by atoms with Crippen LogP contribution in [0.1, 0.15) is 19.4 Å². The number of aromatic nitrogens is 2. The van der Waals surface area contributed by atoms with E-state index in [4.69, 9.17) is 4.74 Å². The summed E-state index contributed by atoms with van der Waals surface area (Å²) in [7, 11) is 0. The van der Waals surface area contributed by atoms with E-state index in [0.717, 1.165) is 36.6 Å². The number of rotatable bonds is 10. The quantitative estimate of drug-likeness (QED) is 0.281. The number of fused-ring (bicyclic) bond motifs is 1. The molecule has 0 atom stereocenters. The number of benzene rings is 3. The molecule has 0 fully saturated rings. The summed E-state index contributed by atoms with van der Waals surface area (Å²) >= 11 is 0. The molecule has 1 heterocycles. The molecule has 4 rings (SSSR count). The van der Waals surface area contributed by atoms with Crippen LogP contribution in [0.5, 0.6) is 5.75 Å². The van der Waals surface area contributed by atoms with Gasteiger partial charge in [-0.15, -0.1) is 0 Å². The molecule has 1 aromatic heterocycles. The third-order valence-corrected chi connectivity index (χ3v) is 5.62. The number of hydrazone groups is 1. The Morgan fingerprint density at radius 1 is 0.971 bits per heavy atom. The zero-order valence-corrected chi connectivity index (χ0v) is 19.5. The smallest absolute Gasteiger partial charge is 0.267 e. The monoisotopic (exact) mass is 455 g/mol. The highest BCUT2D eigenvalue weighted by molar-refractivity contribution is 5.81. The minimum absolute atomic E-state index is 0.152. The lowest BCUT2D eigenvalue weighted by molar-refractivity contribution is 0.223. The van der Waals surface area contributed by atoms with Crippen molar-refractivity contribution in [3.63, 3.8) is 0 Å². The molecule has 0 aliphatic rings. The van der Waals surface area contributed by atoms with Crippen LogP contribution in [0, 0.1) is 0 Å². The Morgan fingerprint density at radius 2 is 1.68 bits per heavy atom. The number of nitrogens with one attached hydrogen (secondary N) is 1. The molecule has 7 heteroatoms. The van der Waals surface area contributed by atoms with E-state index >= 15 is 0 Å². The number of hydrogen-bond donors (Lipinski definition) is 1. The molecule has 3 aromatic carbocycles. The third-order valence-electron chi connectivity index (χ3n) is 5.62. The largest absolute Gasteiger partial charge is 0.492 e. The van der Waals surface area contributed by atoms with Crippen molar-refractivity contribution in [2.75, 3.05) is 31.7 Å². The lowest BCUT2D eigenvalue weighted by Crippen LogP contribution is -2.27. The van der Waals surface area contributed by atoms with Crippen LogP contribution in [0.3, 0.4) is 0 Å². The summed E-state index contributed by atoms with van der Waals surface area (Å²) in [5.41, 5.74) is 5.03. The van der Waals surface area contributed by atoms with Crippen molar-refractivity contribution in [1.29, 1.82) is 0 Å². The van der Waals surface area contributed by atoms with E-state index in [1.54, 1.807) is 12.3 Å². The van der Waals surface area contributed by atoms with Crippen molar-refractivity contribution in [2.24, 2.45) is 5.10 Å². The molecule has 0 saturated heterocycles. The zero-order valence-electron chi connectivity index (χ0n) is 19.5. The Labute approximate surface area is 199 Å². The van der Waals surface area contributed by atoms with E-state index in [-0.39, 0.29) is 5.56 Å². The highest BCUT2D eigenvalue weighted by Gasteiger charge is 2.12. The van der Waals surface area contributed by atoms with E-state index in [2.05, 4.69) is 34.3 Å². The normalized spacial score (nSPS) is 11.4. The molecule has 4 aromatic rings. The number of nitrogens with zero attached hydrogens (tertiary/aromatic N) is 4. The van der Waals surface area contributed by atoms with Gasteiger partial charge in [0.2, 0.25) is 5.95 Å². The van der Waals surface area contributed by atoms with E-state index in [1.165, 1.54) is 4.57 Å². The van der Waals surface area contributed by atoms with Gasteiger partial charge in [0.15, 0.2) is 0 Å². The van der Waals surface area contributed by atoms with Gasteiger partial charge >= 0.3 is 0 Å². The molecular weight excluding hydrogens is 426 g/mol. The van der Waals surface area contributed by atoms with Crippen molar-refractivity contribution in [2.45, 2.75) is 13.8 Å². The minimum atomic E-state index is -0.152. The van der Waals surface area contributed by atoms with Crippen LogP contribution in [0.2, 0.25) is 0 Å². The summed E-state index contributed by atoms with van der Waals surface area (Å²) in [4.78, 5) is 20.2. The average molecular weight is 456 g/mol. The Kier molecular flexibility index (Phi) is 7.67. The molecule has 174 valence electrons. The lowest BCUT2D eigenvalue weighted by Gasteiger charge is -2.17. The Hall–Kier alpha value is -3.97. The first-order valence-corrected chi connectivity index (χ1v) is 11.5. The van der Waals surface area contributed by atoms with Gasteiger partial charge < -0.3 is 9.64 Å². The summed E-state index contributed by atoms with van der Waals surface area (Å²) in [6.45, 7) is 7.90. The van der Waals surface area contributed by atoms with E-state index in [1.807, 2.05) is 72.8 Å². The second-order valence-electron chi connectivity index (χ2n) is 7.74. The highest BCUT2D eigenvalue weighted by Crippen LogP contribution is 2.16. The zero-order chi connectivity index (χ0) is 23.8. The second kappa shape index (κ2) is 11.2. The van der Waals surface area contributed by atoms with Crippen LogP contribution in [-0.4, -0.2) is 46.9 Å². The van der Waals surface area contributed by atoms with Crippen molar-refractivity contribution in [3.05, 3.63) is 94.8 Å². The predicted octanol–water partition coefficient (Wildman–Crippen LogP) is 4.55. The molecule has 0 aliphatic heterocycles. The third kappa shape index (κ3) is 5.50. The van der Waals surface area contributed by atoms with Crippen LogP contribution in [0.15, 0.2) is 88.8 Å². The molecule has 0 spiro atoms. The summed E-state index contributed by atoms with van der Waals surface area (Å²) in [5, 5.41) is 4.89. The Bertz CT molecular complexity index is 1300. The number of ether oxygens (including phenoxy) is 1. The van der Waals surface area contributed by atoms with Crippen LogP contribution in [0.4, 0.5) is 5.95 Å². The minimum Gasteiger partial charge on any atom is -0.492 e. The summed E-state index contributed by atoms with van der Waals surface area (Å²) in [5.74, 6) is 1.17. The summed E-state index contributed by atoms with van der Waals surface area (Å²) < 4.78 is 7.37. The summed E-state index contributed by atoms with van der Waals surface area (Å²) in [6.07, 6.45) is 1.69. The van der Waals surface area contributed by atoms with Crippen LogP contribution < -0.4 is 15.7 Å². The topological polar surface area (TPSA) is 71.8 Å². The summed E-state index contributed by atoms with van der Waals surface area (Å²) in [6, 6.07) is 24.4. The molecule has 0 unspecified atom stereocenters. The first-order chi connectivity index (χ1) is 16.7. The predicted molar refractivity (Wildman–Crippen MR) is 138 cm³/mol. The molecule has 0 saturated carbocycles. The second-order valence-corrected chi connectivity index (χ2v) is 7.74. The maximum Gasteiger partial charge on any atom is 0.267 e. The number of anilines is 1. The van der Waals surface area contributed by atoms with Gasteiger partial charge in [0.05, 0.1) is 22.8 Å². The van der Waals surface area contributed by atoms with Gasteiger partial charge in [-0.1, -0.05) is 44.2 Å². The first kappa shape index (κ1) is 23.2. The van der Waals surface area contributed by atoms with Crippen LogP contribution in [0.25, 0.3) is 16.6 Å². The SMILES string of the molecule is CCN(CC)CCOc1ccc(C=NNc2nc3ccccc3c(=O)n2-c2ccccc2)cc1. The molecule has 0 radical (unpaired) electrons. The molecular formula is C27H29N5O2. The molecule has 7 nitrogen and oxygen atoms in total. The van der Waals surface area contributed by atoms with Crippen molar-refractivity contribution in [1.82, 2.24) is 14.5 Å². The molecule has 1 N–H and O–H groups in total. The number of para-hydroxylation sites is 2. The fourth-order valence-corrected chi connectivity index (χ4v) is 3.67. The van der Waals surface area contributed by atoms with E-state index in [9.17, 15) is 4.79 Å². The fourth-order valence-electron chi connectivity index (χ4n) is 3.67. The van der Waals surface area contributed by atoms with Crippen molar-refractivity contribution < 1.29 is 4.74 Å². The maximum atomic E-state index is 13.2. The lowest BCUT2D eigenvalue weighted by atomic mass is 10.2. The Balaban J connectivity index is 1.50. The van der Waals surface area contributed by atoms with Gasteiger partial charge in [0.1, 0.15) is 12.4 Å². The van der Waals surface area contributed by atoms with E-state index in [0.29, 0.717) is 23.5 Å². The van der Waals surface area contributed by atoms with Gasteiger partial charge in [-0.25, -0.2) is 15.0 Å². The Morgan fingerprint density at radius 3 is 2.41 bits per heavy atom. The average Bonchev–Trinajstić information content (AvgIpc) is 2.88. The number of likely N-dealkylation sites (N-methyl/N-ethyl adjacent to an activating group) is 1. The van der Waals surface area contributed by atoms with Crippen LogP contribution in [-0.2, 0) is 0 Å². The van der Waals surface area contributed by atoms with Gasteiger partial charge in [-0.05, 0) is 67.2 Å². The molecule has 34 heavy (non-hydrogen) atoms. The van der Waals surface area contributed by atoms with Gasteiger partial charge in [0, 0.05) is 6.54 Å². The first-order valence-electron chi connectivity index (χ1n) is 11.5. The van der Waals surface area contributed by atoms with Gasteiger partial charge in [0.25, 0.3) is 5.56 Å². The maximum absolute atomic E-state index is 13.2. The molecule has 0 bridgehead atoms.